The second-order valence-corrected chi connectivity index (χ2v) is 29.9. The number of aliphatic hydroxyl groups excluding tert-OH is 1. The van der Waals surface area contributed by atoms with Gasteiger partial charge in [-0.3, -0.25) is 37.3 Å². The number of carbonyl (C=O) groups excluding carboxylic acids is 4. The van der Waals surface area contributed by atoms with Gasteiger partial charge in [-0.1, -0.05) is 297 Å². The van der Waals surface area contributed by atoms with E-state index < -0.39 is 97.5 Å². The molecule has 0 saturated carbocycles. The molecule has 5 unspecified atom stereocenters. The second-order valence-electron chi connectivity index (χ2n) is 27.0. The summed E-state index contributed by atoms with van der Waals surface area (Å²) in [6.45, 7) is 4.61. The maximum Gasteiger partial charge on any atom is 0.472 e. The maximum atomic E-state index is 13.1. The van der Waals surface area contributed by atoms with Crippen molar-refractivity contribution >= 4 is 39.5 Å². The highest BCUT2D eigenvalue weighted by molar-refractivity contribution is 7.47. The highest BCUT2D eigenvalue weighted by Gasteiger charge is 2.30. The molecule has 0 aromatic heterocycles. The molecule has 104 heavy (non-hydrogen) atoms. The molecule has 0 spiro atoms. The third-order valence-corrected chi connectivity index (χ3v) is 18.8. The van der Waals surface area contributed by atoms with Gasteiger partial charge in [0, 0.05) is 25.7 Å². The van der Waals surface area contributed by atoms with Gasteiger partial charge in [-0.25, -0.2) is 9.13 Å². The summed E-state index contributed by atoms with van der Waals surface area (Å²) >= 11 is 0. The van der Waals surface area contributed by atoms with Crippen molar-refractivity contribution in [1.29, 1.82) is 0 Å². The lowest BCUT2D eigenvalue weighted by Gasteiger charge is -2.21. The number of carbonyl (C=O) groups is 4. The van der Waals surface area contributed by atoms with Crippen LogP contribution in [-0.2, 0) is 65.4 Å². The van der Waals surface area contributed by atoms with Crippen molar-refractivity contribution in [3.05, 3.63) is 122 Å². The van der Waals surface area contributed by atoms with Crippen LogP contribution in [0.25, 0.3) is 0 Å². The van der Waals surface area contributed by atoms with E-state index in [1.165, 1.54) is 77.0 Å². The summed E-state index contributed by atoms with van der Waals surface area (Å²) in [5, 5.41) is 10.6. The van der Waals surface area contributed by atoms with Gasteiger partial charge in [0.2, 0.25) is 0 Å². The first kappa shape index (κ1) is 99.5. The number of esters is 4. The monoisotopic (exact) mass is 1500 g/mol. The molecule has 0 aromatic rings. The fourth-order valence-electron chi connectivity index (χ4n) is 10.8. The first-order valence-corrected chi connectivity index (χ1v) is 43.8. The highest BCUT2D eigenvalue weighted by atomic mass is 31.2. The Balaban J connectivity index is 5.35. The van der Waals surface area contributed by atoms with Crippen molar-refractivity contribution in [2.24, 2.45) is 0 Å². The standard InChI is InChI=1S/C85H146O17P2/c1-5-9-13-17-21-25-29-32-35-37-39-41-44-46-50-53-57-61-65-69-82(87)95-75-80(101-84(89)71-67-63-59-55-49-28-24-20-16-12-8-4)77-99-103(91,92)97-73-79(86)74-98-104(93,94)100-78-81(102-85(90)72-68-64-60-56-52-48-43-34-31-27-23-19-15-11-7-3)76-96-83(88)70-66-62-58-54-51-47-45-42-40-38-36-33-30-26-22-18-14-10-6-2/h9-10,13-14,21-22,25-26,32-36,39-43,46,50,79-81,86H,5-8,11-12,15-20,23-24,27-31,37-38,44-45,47-49,51-78H2,1-4H3,(H,91,92)(H,93,94)/b13-9-,14-10-,25-21-,26-22-,35-32-,36-33-,41-39-,42-40-,43-34-,50-46-. The van der Waals surface area contributed by atoms with Crippen LogP contribution in [0.3, 0.4) is 0 Å². The van der Waals surface area contributed by atoms with E-state index in [2.05, 4.69) is 149 Å². The van der Waals surface area contributed by atoms with E-state index in [1.807, 2.05) is 0 Å². The number of phosphoric ester groups is 2. The van der Waals surface area contributed by atoms with E-state index >= 15 is 0 Å². The predicted octanol–water partition coefficient (Wildman–Crippen LogP) is 23.9. The summed E-state index contributed by atoms with van der Waals surface area (Å²) < 4.78 is 68.6. The van der Waals surface area contributed by atoms with Crippen LogP contribution >= 0.6 is 15.6 Å². The molecule has 0 bridgehead atoms. The van der Waals surface area contributed by atoms with E-state index in [-0.39, 0.29) is 25.7 Å². The Morgan fingerprint density at radius 3 is 0.788 bits per heavy atom. The van der Waals surface area contributed by atoms with Gasteiger partial charge in [-0.2, -0.15) is 0 Å². The largest absolute Gasteiger partial charge is 0.472 e. The number of ether oxygens (including phenoxy) is 4. The molecule has 0 aliphatic heterocycles. The number of hydrogen-bond donors (Lipinski definition) is 3. The fourth-order valence-corrected chi connectivity index (χ4v) is 12.3. The average molecular weight is 1500 g/mol. The normalized spacial score (nSPS) is 14.5. The Labute approximate surface area is 632 Å². The lowest BCUT2D eigenvalue weighted by atomic mass is 10.1. The van der Waals surface area contributed by atoms with Crippen molar-refractivity contribution in [3.63, 3.8) is 0 Å². The van der Waals surface area contributed by atoms with Crippen LogP contribution in [0.5, 0.6) is 0 Å². The summed E-state index contributed by atoms with van der Waals surface area (Å²) in [7, 11) is -9.97. The smallest absolute Gasteiger partial charge is 0.462 e. The molecule has 0 heterocycles. The van der Waals surface area contributed by atoms with Crippen LogP contribution in [0.4, 0.5) is 0 Å². The molecule has 0 amide bonds. The number of rotatable bonds is 76. The predicted molar refractivity (Wildman–Crippen MR) is 427 cm³/mol. The molecular formula is C85H146O17P2. The number of allylic oxidation sites excluding steroid dienone is 20. The van der Waals surface area contributed by atoms with Crippen LogP contribution < -0.4 is 0 Å². The SMILES string of the molecule is CC/C=C\C/C=C\C/C=C\C/C=C\C/C=C\CCCCCC(=O)OCC(COP(=O)(O)OCC(O)COP(=O)(O)OCC(COC(=O)CCCCCCCC/C=C\C/C=C\C/C=C\C/C=C\CC)OC(=O)CCCCCCC/C=C\CCCCCCCC)OC(=O)CCCCCCCCCCCCC. The minimum Gasteiger partial charge on any atom is -0.462 e. The summed E-state index contributed by atoms with van der Waals surface area (Å²) in [5.41, 5.74) is 0. The lowest BCUT2D eigenvalue weighted by Crippen LogP contribution is -2.30. The van der Waals surface area contributed by atoms with Gasteiger partial charge in [0.05, 0.1) is 26.4 Å². The van der Waals surface area contributed by atoms with Gasteiger partial charge < -0.3 is 33.8 Å². The number of phosphoric acid groups is 2. The quantitative estimate of drug-likeness (QED) is 0.0169. The van der Waals surface area contributed by atoms with Gasteiger partial charge in [0.15, 0.2) is 12.2 Å². The molecule has 17 nitrogen and oxygen atoms in total. The number of unbranched alkanes of at least 4 members (excludes halogenated alkanes) is 30. The zero-order chi connectivity index (χ0) is 76.0. The fraction of sp³-hybridized carbons (Fsp3) is 0.718. The maximum absolute atomic E-state index is 13.1. The minimum absolute atomic E-state index is 0.0804. The van der Waals surface area contributed by atoms with E-state index in [9.17, 15) is 43.2 Å². The van der Waals surface area contributed by atoms with E-state index in [1.54, 1.807) is 0 Å². The first-order chi connectivity index (χ1) is 50.7. The average Bonchev–Trinajstić information content (AvgIpc) is 0.931. The van der Waals surface area contributed by atoms with Crippen LogP contribution in [0, 0.1) is 0 Å². The van der Waals surface area contributed by atoms with E-state index in [0.717, 1.165) is 180 Å². The van der Waals surface area contributed by atoms with Gasteiger partial charge in [-0.15, -0.1) is 0 Å². The van der Waals surface area contributed by atoms with Crippen molar-refractivity contribution < 1.29 is 80.2 Å². The molecular weight excluding hydrogens is 1350 g/mol. The van der Waals surface area contributed by atoms with Crippen molar-refractivity contribution in [1.82, 2.24) is 0 Å². The van der Waals surface area contributed by atoms with Crippen molar-refractivity contribution in [2.45, 2.75) is 354 Å². The Kier molecular flexibility index (Phi) is 73.3. The summed E-state index contributed by atoms with van der Waals surface area (Å²) in [6.07, 6.45) is 84.6. The first-order valence-electron chi connectivity index (χ1n) is 40.8. The third-order valence-electron chi connectivity index (χ3n) is 16.9. The van der Waals surface area contributed by atoms with Gasteiger partial charge in [0.1, 0.15) is 19.3 Å². The molecule has 19 heteroatoms. The molecule has 0 aromatic carbocycles. The van der Waals surface area contributed by atoms with Gasteiger partial charge in [0.25, 0.3) is 0 Å². The van der Waals surface area contributed by atoms with Crippen LogP contribution in [0.2, 0.25) is 0 Å². The summed E-state index contributed by atoms with van der Waals surface area (Å²) in [5.74, 6) is -2.22. The molecule has 0 rings (SSSR count). The molecule has 3 N–H and O–H groups in total. The molecule has 0 fully saturated rings. The minimum atomic E-state index is -4.99. The summed E-state index contributed by atoms with van der Waals surface area (Å²) in [4.78, 5) is 73.0. The molecule has 0 radical (unpaired) electrons. The molecule has 5 atom stereocenters. The zero-order valence-corrected chi connectivity index (χ0v) is 67.2. The molecule has 0 aliphatic rings. The number of aliphatic hydroxyl groups is 1. The van der Waals surface area contributed by atoms with Crippen molar-refractivity contribution in [2.75, 3.05) is 39.6 Å². The zero-order valence-electron chi connectivity index (χ0n) is 65.4. The number of hydrogen-bond acceptors (Lipinski definition) is 15. The van der Waals surface area contributed by atoms with Gasteiger partial charge >= 0.3 is 39.5 Å². The topological polar surface area (TPSA) is 237 Å². The Bertz CT molecular complexity index is 2440. The van der Waals surface area contributed by atoms with Crippen LogP contribution in [0.1, 0.15) is 336 Å². The van der Waals surface area contributed by atoms with Crippen molar-refractivity contribution in [3.8, 4) is 0 Å². The molecule has 0 saturated heterocycles. The van der Waals surface area contributed by atoms with E-state index in [0.29, 0.717) is 25.7 Å². The molecule has 598 valence electrons. The third kappa shape index (κ3) is 75.7. The summed E-state index contributed by atoms with van der Waals surface area (Å²) in [6, 6.07) is 0. The van der Waals surface area contributed by atoms with Crippen LogP contribution in [-0.4, -0.2) is 96.7 Å². The second kappa shape index (κ2) is 76.6. The van der Waals surface area contributed by atoms with Gasteiger partial charge in [-0.05, 0) is 135 Å². The molecule has 0 aliphatic carbocycles. The van der Waals surface area contributed by atoms with Crippen LogP contribution in [0.15, 0.2) is 122 Å². The highest BCUT2D eigenvalue weighted by Crippen LogP contribution is 2.45. The lowest BCUT2D eigenvalue weighted by molar-refractivity contribution is -0.161. The Morgan fingerprint density at radius 1 is 0.279 bits per heavy atom. The van der Waals surface area contributed by atoms with E-state index in [4.69, 9.17) is 37.0 Å². The Morgan fingerprint density at radius 2 is 0.500 bits per heavy atom. The Hall–Kier alpha value is -4.54.